The van der Waals surface area contributed by atoms with Gasteiger partial charge in [-0.3, -0.25) is 0 Å². The van der Waals surface area contributed by atoms with E-state index in [9.17, 15) is 12.8 Å². The van der Waals surface area contributed by atoms with Gasteiger partial charge in [-0.15, -0.1) is 0 Å². The molecule has 0 radical (unpaired) electrons. The Kier molecular flexibility index (Phi) is 2.68. The average molecular weight is 203 g/mol. The molecule has 3 nitrogen and oxygen atoms in total. The van der Waals surface area contributed by atoms with Crippen molar-refractivity contribution in [2.75, 3.05) is 7.05 Å². The SMILES string of the molecule is CNS(=O)(=O)c1cccc(F)c1C. The van der Waals surface area contributed by atoms with Gasteiger partial charge in [0.2, 0.25) is 10.0 Å². The van der Waals surface area contributed by atoms with Gasteiger partial charge in [0.15, 0.2) is 0 Å². The molecule has 0 unspecified atom stereocenters. The Hall–Kier alpha value is -0.940. The fourth-order valence-corrected chi connectivity index (χ4v) is 1.97. The summed E-state index contributed by atoms with van der Waals surface area (Å²) in [6.45, 7) is 1.43. The van der Waals surface area contributed by atoms with Gasteiger partial charge in [0.05, 0.1) is 4.90 Å². The van der Waals surface area contributed by atoms with Gasteiger partial charge < -0.3 is 0 Å². The summed E-state index contributed by atoms with van der Waals surface area (Å²) in [6, 6.07) is 3.96. The fourth-order valence-electron chi connectivity index (χ4n) is 0.989. The van der Waals surface area contributed by atoms with Crippen molar-refractivity contribution in [3.05, 3.63) is 29.6 Å². The molecular weight excluding hydrogens is 193 g/mol. The van der Waals surface area contributed by atoms with Gasteiger partial charge >= 0.3 is 0 Å². The van der Waals surface area contributed by atoms with Gasteiger partial charge in [-0.1, -0.05) is 6.07 Å². The first-order chi connectivity index (χ1) is 5.99. The van der Waals surface area contributed by atoms with Gasteiger partial charge in [0.25, 0.3) is 0 Å². The molecule has 0 spiro atoms. The van der Waals surface area contributed by atoms with Crippen molar-refractivity contribution in [3.63, 3.8) is 0 Å². The summed E-state index contributed by atoms with van der Waals surface area (Å²) < 4.78 is 37.7. The summed E-state index contributed by atoms with van der Waals surface area (Å²) in [5, 5.41) is 0. The van der Waals surface area contributed by atoms with Gasteiger partial charge in [0, 0.05) is 5.56 Å². The molecule has 0 fully saturated rings. The van der Waals surface area contributed by atoms with Crippen LogP contribution >= 0.6 is 0 Å². The molecule has 0 saturated carbocycles. The Morgan fingerprint density at radius 3 is 2.54 bits per heavy atom. The fraction of sp³-hybridized carbons (Fsp3) is 0.250. The van der Waals surface area contributed by atoms with Crippen molar-refractivity contribution >= 4 is 10.0 Å². The molecule has 0 atom stereocenters. The minimum atomic E-state index is -3.54. The molecule has 0 heterocycles. The van der Waals surface area contributed by atoms with Crippen LogP contribution in [0.4, 0.5) is 4.39 Å². The van der Waals surface area contributed by atoms with Crippen LogP contribution in [0.5, 0.6) is 0 Å². The molecule has 5 heteroatoms. The number of halogens is 1. The van der Waals surface area contributed by atoms with Gasteiger partial charge in [-0.2, -0.15) is 0 Å². The highest BCUT2D eigenvalue weighted by Gasteiger charge is 2.15. The smallest absolute Gasteiger partial charge is 0.214 e. The lowest BCUT2D eigenvalue weighted by Crippen LogP contribution is -2.19. The van der Waals surface area contributed by atoms with E-state index in [4.69, 9.17) is 0 Å². The van der Waals surface area contributed by atoms with Crippen molar-refractivity contribution < 1.29 is 12.8 Å². The van der Waals surface area contributed by atoms with E-state index in [0.29, 0.717) is 0 Å². The Morgan fingerprint density at radius 2 is 2.00 bits per heavy atom. The van der Waals surface area contributed by atoms with Crippen LogP contribution in [-0.2, 0) is 10.0 Å². The van der Waals surface area contributed by atoms with E-state index in [1.54, 1.807) is 0 Å². The average Bonchev–Trinajstić information content (AvgIpc) is 2.09. The summed E-state index contributed by atoms with van der Waals surface area (Å²) in [5.74, 6) is -0.517. The van der Waals surface area contributed by atoms with Gasteiger partial charge in [-0.25, -0.2) is 17.5 Å². The van der Waals surface area contributed by atoms with Gasteiger partial charge in [-0.05, 0) is 26.1 Å². The summed E-state index contributed by atoms with van der Waals surface area (Å²) >= 11 is 0. The molecule has 72 valence electrons. The lowest BCUT2D eigenvalue weighted by molar-refractivity contribution is 0.580. The molecule has 0 aromatic heterocycles. The molecule has 1 aromatic carbocycles. The second-order valence-corrected chi connectivity index (χ2v) is 4.43. The summed E-state index contributed by atoms with van der Waals surface area (Å²) in [5.41, 5.74) is 0.136. The number of rotatable bonds is 2. The minimum Gasteiger partial charge on any atom is -0.214 e. The molecule has 1 rings (SSSR count). The molecule has 0 aliphatic heterocycles. The lowest BCUT2D eigenvalue weighted by Gasteiger charge is -2.05. The molecule has 13 heavy (non-hydrogen) atoms. The third-order valence-corrected chi connectivity index (χ3v) is 3.33. The molecule has 1 N–H and O–H groups in total. The predicted octanol–water partition coefficient (Wildman–Crippen LogP) is 1.04. The van der Waals surface area contributed by atoms with E-state index in [2.05, 4.69) is 4.72 Å². The quantitative estimate of drug-likeness (QED) is 0.780. The molecule has 0 amide bonds. The van der Waals surface area contributed by atoms with Crippen LogP contribution in [-0.4, -0.2) is 15.5 Å². The Labute approximate surface area is 76.6 Å². The first kappa shape index (κ1) is 10.1. The maximum absolute atomic E-state index is 13.0. The summed E-state index contributed by atoms with van der Waals surface area (Å²) in [6.07, 6.45) is 0. The Bertz CT molecular complexity index is 414. The van der Waals surface area contributed by atoms with E-state index in [-0.39, 0.29) is 10.5 Å². The van der Waals surface area contributed by atoms with E-state index < -0.39 is 15.8 Å². The predicted molar refractivity (Wildman–Crippen MR) is 47.4 cm³/mol. The Balaban J connectivity index is 3.40. The highest BCUT2D eigenvalue weighted by atomic mass is 32.2. The zero-order valence-corrected chi connectivity index (χ0v) is 8.15. The number of hydrogen-bond acceptors (Lipinski definition) is 2. The summed E-state index contributed by atoms with van der Waals surface area (Å²) in [4.78, 5) is -0.0185. The van der Waals surface area contributed by atoms with Crippen LogP contribution in [0, 0.1) is 12.7 Å². The van der Waals surface area contributed by atoms with Gasteiger partial charge in [0.1, 0.15) is 5.82 Å². The highest BCUT2D eigenvalue weighted by molar-refractivity contribution is 7.89. The monoisotopic (exact) mass is 203 g/mol. The second-order valence-electron chi connectivity index (χ2n) is 2.57. The second kappa shape index (κ2) is 3.43. The normalized spacial score (nSPS) is 11.6. The molecule has 0 aliphatic rings. The van der Waals surface area contributed by atoms with E-state index >= 15 is 0 Å². The first-order valence-corrected chi connectivity index (χ1v) is 5.16. The van der Waals surface area contributed by atoms with Crippen LogP contribution in [0.25, 0.3) is 0 Å². The van der Waals surface area contributed by atoms with Crippen molar-refractivity contribution in [1.82, 2.24) is 4.72 Å². The van der Waals surface area contributed by atoms with Crippen molar-refractivity contribution in [3.8, 4) is 0 Å². The zero-order chi connectivity index (χ0) is 10.1. The standard InChI is InChI=1S/C8H10FNO2S/c1-6-7(9)4-3-5-8(6)13(11,12)10-2/h3-5,10H,1-2H3. The van der Waals surface area contributed by atoms with Crippen molar-refractivity contribution in [2.24, 2.45) is 0 Å². The van der Waals surface area contributed by atoms with E-state index in [1.807, 2.05) is 0 Å². The van der Waals surface area contributed by atoms with Crippen LogP contribution in [0.15, 0.2) is 23.1 Å². The third kappa shape index (κ3) is 1.87. The third-order valence-electron chi connectivity index (χ3n) is 1.78. The first-order valence-electron chi connectivity index (χ1n) is 3.67. The van der Waals surface area contributed by atoms with Crippen LogP contribution < -0.4 is 4.72 Å². The maximum Gasteiger partial charge on any atom is 0.240 e. The summed E-state index contributed by atoms with van der Waals surface area (Å²) in [7, 11) is -2.25. The van der Waals surface area contributed by atoms with Crippen LogP contribution in [0.2, 0.25) is 0 Å². The van der Waals surface area contributed by atoms with Crippen molar-refractivity contribution in [1.29, 1.82) is 0 Å². The molecule has 0 aliphatic carbocycles. The number of sulfonamides is 1. The number of hydrogen-bond donors (Lipinski definition) is 1. The number of benzene rings is 1. The van der Waals surface area contributed by atoms with Crippen molar-refractivity contribution in [2.45, 2.75) is 11.8 Å². The number of nitrogens with one attached hydrogen (secondary N) is 1. The Morgan fingerprint density at radius 1 is 1.38 bits per heavy atom. The zero-order valence-electron chi connectivity index (χ0n) is 7.33. The molecule has 0 bridgehead atoms. The minimum absolute atomic E-state index is 0.0185. The van der Waals surface area contributed by atoms with Crippen LogP contribution in [0.1, 0.15) is 5.56 Å². The molecule has 1 aromatic rings. The molecular formula is C8H10FNO2S. The van der Waals surface area contributed by atoms with Crippen LogP contribution in [0.3, 0.4) is 0 Å². The van der Waals surface area contributed by atoms with E-state index in [0.717, 1.165) is 0 Å². The topological polar surface area (TPSA) is 46.2 Å². The molecule has 0 saturated heterocycles. The highest BCUT2D eigenvalue weighted by Crippen LogP contribution is 2.16. The lowest BCUT2D eigenvalue weighted by atomic mass is 10.2. The largest absolute Gasteiger partial charge is 0.240 e. The maximum atomic E-state index is 13.0. The van der Waals surface area contributed by atoms with E-state index in [1.165, 1.54) is 32.2 Å².